The molecule has 1 N–H and O–H groups in total. The standard InChI is InChI=1S/C17H14N2O2/c18-7-16-9-12-10(16)14-11(16)13(9)17(12,14)19-15(20)21-6-8-4-2-1-3-5-8/h1-5,9-14H,6H2,(H,19,20). The maximum atomic E-state index is 12.1. The summed E-state index contributed by atoms with van der Waals surface area (Å²) in [7, 11) is 0. The predicted molar refractivity (Wildman–Crippen MR) is 71.5 cm³/mol. The second-order valence-electron chi connectivity index (χ2n) is 7.32. The smallest absolute Gasteiger partial charge is 0.407 e. The zero-order valence-electron chi connectivity index (χ0n) is 11.3. The lowest BCUT2D eigenvalue weighted by atomic mass is 8.94. The summed E-state index contributed by atoms with van der Waals surface area (Å²) < 4.78 is 5.35. The number of hydrogen-bond donors (Lipinski definition) is 1. The molecule has 0 bridgehead atoms. The van der Waals surface area contributed by atoms with Crippen molar-refractivity contribution in [3.8, 4) is 6.07 Å². The molecule has 0 radical (unpaired) electrons. The summed E-state index contributed by atoms with van der Waals surface area (Å²) in [4.78, 5) is 12.1. The van der Waals surface area contributed by atoms with Gasteiger partial charge in [0.2, 0.25) is 0 Å². The van der Waals surface area contributed by atoms with Gasteiger partial charge in [0.15, 0.2) is 0 Å². The molecule has 1 amide bonds. The summed E-state index contributed by atoms with van der Waals surface area (Å²) in [6, 6.07) is 12.3. The Morgan fingerprint density at radius 2 is 1.76 bits per heavy atom. The number of rotatable bonds is 3. The molecule has 0 spiro atoms. The molecule has 0 saturated heterocycles. The summed E-state index contributed by atoms with van der Waals surface area (Å²) >= 11 is 0. The van der Waals surface area contributed by atoms with E-state index in [1.165, 1.54) is 0 Å². The molecule has 104 valence electrons. The van der Waals surface area contributed by atoms with Gasteiger partial charge in [-0.25, -0.2) is 4.79 Å². The first kappa shape index (κ1) is 10.7. The van der Waals surface area contributed by atoms with Crippen LogP contribution < -0.4 is 5.32 Å². The molecule has 0 unspecified atom stereocenters. The normalized spacial score (nSPS) is 54.4. The minimum absolute atomic E-state index is 0.0341. The van der Waals surface area contributed by atoms with Crippen LogP contribution in [0.1, 0.15) is 5.56 Å². The molecule has 1 aromatic rings. The first-order valence-corrected chi connectivity index (χ1v) is 7.67. The molecule has 0 heterocycles. The summed E-state index contributed by atoms with van der Waals surface area (Å²) in [5, 5.41) is 12.5. The average molecular weight is 278 g/mol. The van der Waals surface area contributed by atoms with Crippen LogP contribution in [0.4, 0.5) is 4.79 Å². The second kappa shape index (κ2) is 2.81. The van der Waals surface area contributed by atoms with Gasteiger partial charge in [0.1, 0.15) is 6.61 Å². The Bertz CT molecular complexity index is 681. The zero-order chi connectivity index (χ0) is 14.0. The minimum Gasteiger partial charge on any atom is -0.445 e. The fourth-order valence-corrected chi connectivity index (χ4v) is 6.94. The lowest BCUT2D eigenvalue weighted by molar-refractivity contribution is -0.607. The fourth-order valence-electron chi connectivity index (χ4n) is 6.94. The molecule has 6 aliphatic carbocycles. The lowest BCUT2D eigenvalue weighted by Crippen LogP contribution is -3.15. The highest BCUT2D eigenvalue weighted by molar-refractivity contribution is 5.74. The zero-order valence-corrected chi connectivity index (χ0v) is 11.3. The van der Waals surface area contributed by atoms with E-state index in [0.717, 1.165) is 5.56 Å². The van der Waals surface area contributed by atoms with Crippen molar-refractivity contribution >= 4 is 6.09 Å². The third-order valence-corrected chi connectivity index (χ3v) is 7.36. The van der Waals surface area contributed by atoms with Crippen LogP contribution in [-0.4, -0.2) is 11.6 Å². The van der Waals surface area contributed by atoms with Gasteiger partial charge in [0, 0.05) is 0 Å². The van der Waals surface area contributed by atoms with Crippen molar-refractivity contribution < 1.29 is 9.53 Å². The minimum atomic E-state index is -0.291. The average Bonchev–Trinajstić information content (AvgIpc) is 2.54. The Morgan fingerprint density at radius 3 is 2.33 bits per heavy atom. The van der Waals surface area contributed by atoms with Gasteiger partial charge in [-0.05, 0) is 41.1 Å². The summed E-state index contributed by atoms with van der Waals surface area (Å²) in [5.41, 5.74) is 1.09. The first-order chi connectivity index (χ1) is 10.3. The fraction of sp³-hybridized carbons (Fsp3) is 0.529. The van der Waals surface area contributed by atoms with E-state index in [4.69, 9.17) is 4.74 Å². The van der Waals surface area contributed by atoms with Crippen molar-refractivity contribution in [3.63, 3.8) is 0 Å². The van der Waals surface area contributed by atoms with E-state index in [1.807, 2.05) is 30.3 Å². The van der Waals surface area contributed by atoms with Gasteiger partial charge < -0.3 is 10.1 Å². The van der Waals surface area contributed by atoms with Crippen LogP contribution >= 0.6 is 0 Å². The van der Waals surface area contributed by atoms with E-state index in [9.17, 15) is 10.1 Å². The molecule has 1 aromatic carbocycles. The molecule has 0 aliphatic heterocycles. The molecular weight excluding hydrogens is 264 g/mol. The van der Waals surface area contributed by atoms with E-state index in [2.05, 4.69) is 11.4 Å². The number of hydrogen-bond acceptors (Lipinski definition) is 3. The highest BCUT2D eigenvalue weighted by Crippen LogP contribution is 3.06. The summed E-state index contributed by atoms with van der Waals surface area (Å²) in [6.07, 6.45) is -0.291. The largest absolute Gasteiger partial charge is 0.445 e. The van der Waals surface area contributed by atoms with Gasteiger partial charge in [0.05, 0.1) is 17.0 Å². The molecule has 21 heavy (non-hydrogen) atoms. The molecule has 4 heteroatoms. The molecule has 6 fully saturated rings. The van der Waals surface area contributed by atoms with Gasteiger partial charge in [-0.1, -0.05) is 30.3 Å². The van der Waals surface area contributed by atoms with Crippen molar-refractivity contribution in [2.24, 2.45) is 40.9 Å². The van der Waals surface area contributed by atoms with Crippen LogP contribution in [0.2, 0.25) is 0 Å². The van der Waals surface area contributed by atoms with Crippen LogP contribution in [0, 0.1) is 52.3 Å². The third-order valence-electron chi connectivity index (χ3n) is 7.36. The number of carbonyl (C=O) groups excluding carboxylic acids is 1. The number of amides is 1. The Balaban J connectivity index is 1.13. The maximum absolute atomic E-state index is 12.1. The van der Waals surface area contributed by atoms with E-state index < -0.39 is 0 Å². The van der Waals surface area contributed by atoms with Crippen molar-refractivity contribution in [1.29, 1.82) is 5.26 Å². The van der Waals surface area contributed by atoms with Crippen LogP contribution in [0.5, 0.6) is 0 Å². The molecule has 0 atom stereocenters. The van der Waals surface area contributed by atoms with Gasteiger partial charge in [-0.2, -0.15) is 5.26 Å². The highest BCUT2D eigenvalue weighted by Gasteiger charge is 3.11. The lowest BCUT2D eigenvalue weighted by Gasteiger charge is -3.09. The Hall–Kier alpha value is -2.02. The summed E-state index contributed by atoms with van der Waals surface area (Å²) in [5.74, 6) is 3.54. The number of nitriles is 1. The molecule has 6 saturated carbocycles. The van der Waals surface area contributed by atoms with E-state index in [1.54, 1.807) is 0 Å². The van der Waals surface area contributed by atoms with E-state index >= 15 is 0 Å². The van der Waals surface area contributed by atoms with Crippen LogP contribution in [0.3, 0.4) is 0 Å². The number of nitrogens with one attached hydrogen (secondary N) is 1. The summed E-state index contributed by atoms with van der Waals surface area (Å²) in [6.45, 7) is 0.321. The topological polar surface area (TPSA) is 62.1 Å². The first-order valence-electron chi connectivity index (χ1n) is 7.67. The quantitative estimate of drug-likeness (QED) is 0.919. The van der Waals surface area contributed by atoms with Gasteiger partial charge in [0.25, 0.3) is 0 Å². The van der Waals surface area contributed by atoms with Crippen molar-refractivity contribution in [2.75, 3.05) is 0 Å². The SMILES string of the molecule is N#CC12C3C4C1C1C2C3C41NC(=O)OCc1ccccc1. The predicted octanol–water partition coefficient (Wildman–Crippen LogP) is 1.93. The second-order valence-corrected chi connectivity index (χ2v) is 7.32. The highest BCUT2D eigenvalue weighted by atomic mass is 16.5. The molecule has 4 nitrogen and oxygen atoms in total. The number of carbonyl (C=O) groups is 1. The van der Waals surface area contributed by atoms with Crippen LogP contribution in [0.25, 0.3) is 0 Å². The van der Waals surface area contributed by atoms with E-state index in [-0.39, 0.29) is 17.0 Å². The Kier molecular flexibility index (Phi) is 1.43. The van der Waals surface area contributed by atoms with Gasteiger partial charge in [-0.15, -0.1) is 0 Å². The molecular formula is C17H14N2O2. The molecule has 0 aromatic heterocycles. The van der Waals surface area contributed by atoms with Crippen LogP contribution in [-0.2, 0) is 11.3 Å². The van der Waals surface area contributed by atoms with Crippen molar-refractivity contribution in [3.05, 3.63) is 35.9 Å². The number of ether oxygens (including phenoxy) is 1. The van der Waals surface area contributed by atoms with Crippen LogP contribution in [0.15, 0.2) is 30.3 Å². The van der Waals surface area contributed by atoms with Crippen molar-refractivity contribution in [1.82, 2.24) is 5.32 Å². The van der Waals surface area contributed by atoms with Gasteiger partial charge in [-0.3, -0.25) is 0 Å². The number of benzene rings is 1. The Morgan fingerprint density at radius 1 is 1.14 bits per heavy atom. The molecule has 7 rings (SSSR count). The number of nitrogens with zero attached hydrogens (tertiary/aromatic N) is 1. The van der Waals surface area contributed by atoms with E-state index in [0.29, 0.717) is 42.1 Å². The number of alkyl carbamates (subject to hydrolysis) is 1. The maximum Gasteiger partial charge on any atom is 0.407 e. The Labute approximate surface area is 122 Å². The third kappa shape index (κ3) is 0.736. The monoisotopic (exact) mass is 278 g/mol. The van der Waals surface area contributed by atoms with Crippen molar-refractivity contribution in [2.45, 2.75) is 12.1 Å². The molecule has 6 aliphatic rings. The van der Waals surface area contributed by atoms with Gasteiger partial charge >= 0.3 is 6.09 Å².